The third kappa shape index (κ3) is 3.90. The zero-order valence-corrected chi connectivity index (χ0v) is 18.2. The fourth-order valence-electron chi connectivity index (χ4n) is 3.54. The van der Waals surface area contributed by atoms with Crippen molar-refractivity contribution in [2.24, 2.45) is 0 Å². The Bertz CT molecular complexity index is 1390. The Morgan fingerprint density at radius 3 is 2.15 bits per heavy atom. The van der Waals surface area contributed by atoms with E-state index in [0.717, 1.165) is 10.4 Å². The van der Waals surface area contributed by atoms with Crippen LogP contribution < -0.4 is 9.04 Å². The van der Waals surface area contributed by atoms with Gasteiger partial charge in [-0.3, -0.25) is 9.59 Å². The van der Waals surface area contributed by atoms with Gasteiger partial charge >= 0.3 is 5.97 Å². The van der Waals surface area contributed by atoms with Crippen LogP contribution in [0.4, 0.5) is 11.4 Å². The Hall–Kier alpha value is -3.89. The second kappa shape index (κ2) is 8.57. The highest BCUT2D eigenvalue weighted by Gasteiger charge is 2.36. The monoisotopic (exact) mass is 487 g/mol. The molecule has 0 spiro atoms. The van der Waals surface area contributed by atoms with Crippen LogP contribution in [0.25, 0.3) is 0 Å². The van der Waals surface area contributed by atoms with Crippen LogP contribution in [-0.4, -0.2) is 42.8 Å². The molecule has 11 heteroatoms. The molecule has 0 aliphatic heterocycles. The van der Waals surface area contributed by atoms with E-state index in [-0.39, 0.29) is 28.1 Å². The summed E-state index contributed by atoms with van der Waals surface area (Å²) in [6, 6.07) is 12.6. The molecule has 0 fully saturated rings. The van der Waals surface area contributed by atoms with Gasteiger partial charge in [-0.15, -0.1) is 0 Å². The van der Waals surface area contributed by atoms with Crippen molar-refractivity contribution < 1.29 is 37.8 Å². The summed E-state index contributed by atoms with van der Waals surface area (Å²) in [5, 5.41) is 20.3. The van der Waals surface area contributed by atoms with Crippen molar-refractivity contribution in [3.63, 3.8) is 0 Å². The smallest absolute Gasteiger partial charge is 0.341 e. The van der Waals surface area contributed by atoms with E-state index >= 15 is 0 Å². The molecule has 33 heavy (non-hydrogen) atoms. The van der Waals surface area contributed by atoms with E-state index in [1.54, 1.807) is 12.1 Å². The topological polar surface area (TPSA) is 138 Å². The van der Waals surface area contributed by atoms with E-state index in [1.807, 2.05) is 0 Å². The van der Waals surface area contributed by atoms with E-state index in [0.29, 0.717) is 5.02 Å². The number of phenols is 1. The average molecular weight is 488 g/mol. The first-order valence-corrected chi connectivity index (χ1v) is 10.8. The number of rotatable bonds is 6. The van der Waals surface area contributed by atoms with Gasteiger partial charge in [-0.05, 0) is 30.3 Å². The highest BCUT2D eigenvalue weighted by molar-refractivity contribution is 7.74. The van der Waals surface area contributed by atoms with Gasteiger partial charge in [0.1, 0.15) is 5.69 Å². The third-order valence-corrected chi connectivity index (χ3v) is 5.95. The van der Waals surface area contributed by atoms with Crippen molar-refractivity contribution in [1.82, 2.24) is 0 Å². The van der Waals surface area contributed by atoms with E-state index in [2.05, 4.69) is 0 Å². The number of carbonyl (C=O) groups is 3. The number of hydrogen-bond acceptors (Lipinski definition) is 7. The average Bonchev–Trinajstić information content (AvgIpc) is 2.78. The van der Waals surface area contributed by atoms with E-state index in [9.17, 15) is 27.9 Å². The lowest BCUT2D eigenvalue weighted by Crippen LogP contribution is -2.24. The fraction of sp³-hybridized carbons (Fsp3) is 0.0455. The molecule has 0 radical (unpaired) electrons. The summed E-state index contributed by atoms with van der Waals surface area (Å²) >= 11 is 5.88. The molecular weight excluding hydrogens is 474 g/mol. The molecular formula is C22H14ClNO8S. The number of ketones is 2. The predicted molar refractivity (Wildman–Crippen MR) is 118 cm³/mol. The fourth-order valence-corrected chi connectivity index (χ4v) is 4.31. The van der Waals surface area contributed by atoms with Crippen molar-refractivity contribution in [3.05, 3.63) is 81.9 Å². The second-order valence-electron chi connectivity index (χ2n) is 6.91. The van der Waals surface area contributed by atoms with Crippen LogP contribution in [0.15, 0.2) is 54.6 Å². The normalized spacial score (nSPS) is 12.3. The largest absolute Gasteiger partial charge is 0.504 e. The van der Waals surface area contributed by atoms with Crippen molar-refractivity contribution in [3.8, 4) is 11.5 Å². The standard InChI is InChI=1S/C22H14ClNO8S/c23-11-5-7-12(8-6-11)24(33(30)31)16-9-15-18(21(29)22(16)32-10-17(25)26)20(28)14-4-2-1-3-13(14)19(15)27/h1-9,29,33H,10H2,(H,25,26). The number of halogens is 1. The molecule has 2 N–H and O–H groups in total. The van der Waals surface area contributed by atoms with E-state index < -0.39 is 52.1 Å². The molecule has 4 rings (SSSR count). The van der Waals surface area contributed by atoms with Crippen LogP contribution in [0.5, 0.6) is 11.5 Å². The molecule has 0 bridgehead atoms. The quantitative estimate of drug-likeness (QED) is 0.353. The van der Waals surface area contributed by atoms with Gasteiger partial charge in [0.2, 0.25) is 10.9 Å². The second-order valence-corrected chi connectivity index (χ2v) is 8.22. The molecule has 168 valence electrons. The number of carboxylic acid groups (broad SMARTS) is 1. The summed E-state index contributed by atoms with van der Waals surface area (Å²) in [5.41, 5.74) is -0.781. The Morgan fingerprint density at radius 1 is 0.970 bits per heavy atom. The highest BCUT2D eigenvalue weighted by atomic mass is 35.5. The number of thiol groups is 1. The van der Waals surface area contributed by atoms with Gasteiger partial charge in [0.15, 0.2) is 29.7 Å². The maximum absolute atomic E-state index is 13.1. The molecule has 9 nitrogen and oxygen atoms in total. The number of aromatic hydroxyl groups is 1. The summed E-state index contributed by atoms with van der Waals surface area (Å²) in [6.07, 6.45) is 0. The molecule has 1 aliphatic rings. The lowest BCUT2D eigenvalue weighted by atomic mass is 9.83. The van der Waals surface area contributed by atoms with Gasteiger partial charge < -0.3 is 14.9 Å². The van der Waals surface area contributed by atoms with E-state index in [1.165, 1.54) is 36.4 Å². The first-order valence-electron chi connectivity index (χ1n) is 9.33. The molecule has 0 heterocycles. The SMILES string of the molecule is O=C(O)COc1c(N(c2ccc(Cl)cc2)[SH](=O)=O)cc2c(c1O)C(=O)c1ccccc1C2=O. The maximum Gasteiger partial charge on any atom is 0.341 e. The molecule has 0 saturated heterocycles. The minimum atomic E-state index is -3.42. The molecule has 0 aromatic heterocycles. The maximum atomic E-state index is 13.1. The number of benzene rings is 3. The molecule has 0 atom stereocenters. The van der Waals surface area contributed by atoms with Crippen molar-refractivity contribution in [1.29, 1.82) is 0 Å². The molecule has 0 unspecified atom stereocenters. The van der Waals surface area contributed by atoms with Crippen LogP contribution >= 0.6 is 11.6 Å². The van der Waals surface area contributed by atoms with Crippen molar-refractivity contribution in [2.45, 2.75) is 0 Å². The van der Waals surface area contributed by atoms with Crippen molar-refractivity contribution >= 4 is 51.4 Å². The zero-order chi connectivity index (χ0) is 23.9. The summed E-state index contributed by atoms with van der Waals surface area (Å²) in [7, 11) is -3.42. The number of carboxylic acids is 1. The van der Waals surface area contributed by atoms with Crippen LogP contribution in [0.3, 0.4) is 0 Å². The highest BCUT2D eigenvalue weighted by Crippen LogP contribution is 2.47. The molecule has 3 aromatic carbocycles. The number of hydrogen-bond donors (Lipinski definition) is 3. The first kappa shape index (κ1) is 22.3. The molecule has 1 aliphatic carbocycles. The number of carbonyl (C=O) groups excluding carboxylic acids is 2. The lowest BCUT2D eigenvalue weighted by molar-refractivity contribution is -0.139. The minimum Gasteiger partial charge on any atom is -0.504 e. The summed E-state index contributed by atoms with van der Waals surface area (Å²) in [5.74, 6) is -4.12. The molecule has 0 amide bonds. The Kier molecular flexibility index (Phi) is 5.79. The number of anilines is 2. The molecule has 0 saturated carbocycles. The van der Waals surface area contributed by atoms with Gasteiger partial charge in [0, 0.05) is 21.7 Å². The summed E-state index contributed by atoms with van der Waals surface area (Å²) in [6.45, 7) is -0.942. The number of ether oxygens (including phenoxy) is 1. The van der Waals surface area contributed by atoms with Gasteiger partial charge in [0.25, 0.3) is 0 Å². The summed E-state index contributed by atoms with van der Waals surface area (Å²) < 4.78 is 30.4. The van der Waals surface area contributed by atoms with Gasteiger partial charge in [-0.1, -0.05) is 35.9 Å². The number of phenolic OH excluding ortho intramolecular Hbond substituents is 1. The Balaban J connectivity index is 2.01. The number of nitrogens with zero attached hydrogens (tertiary/aromatic N) is 1. The number of aliphatic carboxylic acids is 1. The molecule has 3 aromatic rings. The minimum absolute atomic E-state index is 0.0479. The van der Waals surface area contributed by atoms with Crippen molar-refractivity contribution in [2.75, 3.05) is 10.9 Å². The zero-order valence-electron chi connectivity index (χ0n) is 16.5. The van der Waals surface area contributed by atoms with Gasteiger partial charge in [-0.2, -0.15) is 0 Å². The Labute approximate surface area is 193 Å². The third-order valence-electron chi connectivity index (χ3n) is 4.93. The first-order chi connectivity index (χ1) is 15.7. The van der Waals surface area contributed by atoms with E-state index in [4.69, 9.17) is 21.4 Å². The Morgan fingerprint density at radius 2 is 1.58 bits per heavy atom. The van der Waals surface area contributed by atoms with Gasteiger partial charge in [-0.25, -0.2) is 17.5 Å². The predicted octanol–water partition coefficient (Wildman–Crippen LogP) is 2.95. The number of fused-ring (bicyclic) bond motifs is 2. The van der Waals surface area contributed by atoms with Crippen LogP contribution in [0.2, 0.25) is 5.02 Å². The van der Waals surface area contributed by atoms with Crippen LogP contribution in [0.1, 0.15) is 31.8 Å². The van der Waals surface area contributed by atoms with Crippen LogP contribution in [-0.2, 0) is 15.7 Å². The van der Waals surface area contributed by atoms with Crippen LogP contribution in [0, 0.1) is 0 Å². The van der Waals surface area contributed by atoms with Gasteiger partial charge in [0.05, 0.1) is 11.3 Å². The summed E-state index contributed by atoms with van der Waals surface area (Å²) in [4.78, 5) is 37.3. The lowest BCUT2D eigenvalue weighted by Gasteiger charge is -2.26.